The molecule has 0 aliphatic heterocycles. The van der Waals surface area contributed by atoms with Gasteiger partial charge in [0.25, 0.3) is 0 Å². The lowest BCUT2D eigenvalue weighted by molar-refractivity contribution is -0.146. The summed E-state index contributed by atoms with van der Waals surface area (Å²) in [6.45, 7) is 0.799. The van der Waals surface area contributed by atoms with Crippen LogP contribution in [-0.4, -0.2) is 66.6 Å². The Hall–Kier alpha value is -8.30. The molecule has 2 aromatic heterocycles. The molecule has 0 fully saturated rings. The zero-order valence-corrected chi connectivity index (χ0v) is 42.5. The first-order valence-electron chi connectivity index (χ1n) is 23.8. The Bertz CT molecular complexity index is 3150. The molecular weight excluding hydrogens is 1020 g/mol. The molecule has 2 unspecified atom stereocenters. The Morgan fingerprint density at radius 1 is 0.605 bits per heavy atom. The van der Waals surface area contributed by atoms with Crippen molar-refractivity contribution in [1.82, 2.24) is 20.6 Å². The van der Waals surface area contributed by atoms with E-state index in [1.165, 1.54) is 26.0 Å². The van der Waals surface area contributed by atoms with Gasteiger partial charge in [-0.15, -0.1) is 0 Å². The molecule has 8 rings (SSSR count). The van der Waals surface area contributed by atoms with E-state index in [1.54, 1.807) is 36.4 Å². The van der Waals surface area contributed by atoms with Crippen LogP contribution in [0.3, 0.4) is 0 Å². The van der Waals surface area contributed by atoms with Crippen LogP contribution in [0.25, 0.3) is 11.1 Å². The molecule has 0 saturated carbocycles. The summed E-state index contributed by atoms with van der Waals surface area (Å²) in [4.78, 5) is 33.4. The zero-order valence-electron chi connectivity index (χ0n) is 41.0. The lowest BCUT2D eigenvalue weighted by Gasteiger charge is -2.24. The molecule has 20 heteroatoms. The minimum Gasteiger partial charge on any atom is -0.480 e. The highest BCUT2D eigenvalue weighted by Crippen LogP contribution is 2.46. The average molecular weight is 1060 g/mol. The second-order valence-corrected chi connectivity index (χ2v) is 19.5. The van der Waals surface area contributed by atoms with E-state index in [9.17, 15) is 51.1 Å². The number of hydrogen-bond donors (Lipinski definition) is 6. The zero-order chi connectivity index (χ0) is 54.3. The molecule has 6 N–H and O–H groups in total. The van der Waals surface area contributed by atoms with Crippen molar-refractivity contribution in [1.29, 1.82) is 21.0 Å². The summed E-state index contributed by atoms with van der Waals surface area (Å²) in [5, 5.41) is 83.5. The van der Waals surface area contributed by atoms with E-state index in [-0.39, 0.29) is 82.1 Å². The summed E-state index contributed by atoms with van der Waals surface area (Å²) in [5.41, 5.74) is 5.41. The van der Waals surface area contributed by atoms with Crippen molar-refractivity contribution in [2.75, 3.05) is 13.2 Å². The third-order valence-electron chi connectivity index (χ3n) is 13.4. The highest BCUT2D eigenvalue weighted by molar-refractivity contribution is 6.32. The number of carboxylic acids is 2. The Kier molecular flexibility index (Phi) is 16.4. The van der Waals surface area contributed by atoms with Gasteiger partial charge in [-0.2, -0.15) is 31.0 Å². The van der Waals surface area contributed by atoms with Crippen molar-refractivity contribution < 1.29 is 49.0 Å². The van der Waals surface area contributed by atoms with Crippen molar-refractivity contribution in [3.8, 4) is 58.9 Å². The number of aliphatic carboxylic acids is 2. The van der Waals surface area contributed by atoms with Gasteiger partial charge in [0, 0.05) is 24.2 Å². The van der Waals surface area contributed by atoms with Crippen molar-refractivity contribution in [2.24, 2.45) is 0 Å². The normalized spacial score (nSPS) is 15.8. The largest absolute Gasteiger partial charge is 0.480 e. The van der Waals surface area contributed by atoms with Gasteiger partial charge in [0.1, 0.15) is 46.5 Å². The predicted molar refractivity (Wildman–Crippen MR) is 274 cm³/mol. The number of aromatic nitrogens is 2. The molecule has 2 aliphatic carbocycles. The molecule has 0 radical (unpaired) electrons. The summed E-state index contributed by atoms with van der Waals surface area (Å²) in [6, 6.07) is 32.5. The second kappa shape index (κ2) is 23.1. The van der Waals surface area contributed by atoms with E-state index >= 15 is 0 Å². The van der Waals surface area contributed by atoms with E-state index < -0.39 is 48.4 Å². The van der Waals surface area contributed by atoms with E-state index in [4.69, 9.17) is 42.1 Å². The monoisotopic (exact) mass is 1060 g/mol. The Balaban J connectivity index is 1.05. The van der Waals surface area contributed by atoms with E-state index in [0.29, 0.717) is 47.9 Å². The number of fused-ring (bicyclic) bond motifs is 2. The molecule has 0 amide bonds. The molecule has 2 heterocycles. The molecule has 386 valence electrons. The van der Waals surface area contributed by atoms with Crippen LogP contribution in [0.15, 0.2) is 84.9 Å². The Morgan fingerprint density at radius 3 is 1.30 bits per heavy atom. The molecular formula is C56H48Cl2N8O10. The molecule has 4 atom stereocenters. The fourth-order valence-corrected chi connectivity index (χ4v) is 9.44. The first-order valence-corrected chi connectivity index (χ1v) is 24.6. The number of pyridine rings is 2. The van der Waals surface area contributed by atoms with Gasteiger partial charge >= 0.3 is 11.9 Å². The summed E-state index contributed by atoms with van der Waals surface area (Å²) < 4.78 is 25.5. The quantitative estimate of drug-likeness (QED) is 0.0397. The van der Waals surface area contributed by atoms with Gasteiger partial charge in [-0.1, -0.05) is 59.6 Å². The number of nitrogens with zero attached hydrogens (tertiary/aromatic N) is 6. The van der Waals surface area contributed by atoms with Crippen LogP contribution in [0, 0.1) is 45.3 Å². The smallest absolute Gasteiger partial charge is 0.326 e. The molecule has 76 heavy (non-hydrogen) atoms. The van der Waals surface area contributed by atoms with Crippen LogP contribution in [0.2, 0.25) is 10.0 Å². The van der Waals surface area contributed by atoms with Crippen molar-refractivity contribution in [3.05, 3.63) is 162 Å². The number of carbonyl (C=O) groups is 2. The van der Waals surface area contributed by atoms with Gasteiger partial charge in [0.15, 0.2) is 0 Å². The Labute approximate surface area is 446 Å². The van der Waals surface area contributed by atoms with Crippen LogP contribution < -0.4 is 29.6 Å². The fourth-order valence-electron chi connectivity index (χ4n) is 9.00. The minimum absolute atomic E-state index is 0.0500. The summed E-state index contributed by atoms with van der Waals surface area (Å²) in [7, 11) is 0. The van der Waals surface area contributed by atoms with Gasteiger partial charge in [-0.25, -0.2) is 0 Å². The van der Waals surface area contributed by atoms with Crippen LogP contribution >= 0.6 is 23.2 Å². The second-order valence-electron chi connectivity index (χ2n) is 18.7. The average Bonchev–Trinajstić information content (AvgIpc) is 4.05. The fraction of sp³-hybridized carbons (Fsp3) is 0.286. The first-order chi connectivity index (χ1) is 36.5. The van der Waals surface area contributed by atoms with Crippen molar-refractivity contribution in [3.63, 3.8) is 0 Å². The molecule has 2 aliphatic rings. The Morgan fingerprint density at radius 2 is 0.974 bits per heavy atom. The number of halogens is 2. The van der Waals surface area contributed by atoms with Gasteiger partial charge in [0.2, 0.25) is 23.5 Å². The van der Waals surface area contributed by atoms with Gasteiger partial charge in [0.05, 0.1) is 59.7 Å². The van der Waals surface area contributed by atoms with Gasteiger partial charge in [-0.05, 0) is 133 Å². The highest BCUT2D eigenvalue weighted by Gasteiger charge is 2.35. The van der Waals surface area contributed by atoms with Crippen LogP contribution in [-0.2, 0) is 48.7 Å². The van der Waals surface area contributed by atoms with Crippen molar-refractivity contribution in [2.45, 2.75) is 89.1 Å². The molecule has 6 aromatic rings. The number of aliphatic hydroxyl groups excluding tert-OH is 2. The maximum Gasteiger partial charge on any atom is 0.326 e. The number of carboxylic acid groups (broad SMARTS) is 2. The number of rotatable bonds is 21. The number of ether oxygens (including phenoxy) is 4. The van der Waals surface area contributed by atoms with Crippen LogP contribution in [0.5, 0.6) is 23.5 Å². The van der Waals surface area contributed by atoms with Crippen LogP contribution in [0.1, 0.15) is 106 Å². The number of aliphatic hydroxyl groups is 2. The SMILES string of the molecule is CC(CO)(NCc1cc(Cl)c(O[C@H]2CCc3c(-c4cccc5c4CC[C@@H]5Oc4nc(OCc5cc(C#N)cc(C#N)c5)c(CNC(C)(CO)C(=O)O)cc4Cl)cccc32)nc1OCc1cc(C#N)cc(C#N)c1)C(=O)O. The lowest BCUT2D eigenvalue weighted by Crippen LogP contribution is -2.52. The van der Waals surface area contributed by atoms with E-state index in [1.807, 2.05) is 48.5 Å². The standard InChI is InChI=1S/C56H48Cl2N8O10/c1-55(29-67,53(69)70)63-25-37-19-45(57)51(65-49(37)73-27-35-15-31(21-59)13-32(16-35)22-60)75-47-11-9-41-39(5-3-7-43(41)47)40-6-4-8-44-42(40)10-12-48(44)76-52-46(58)20-38(26-64-56(2,30-68)54(71)72)50(66-52)74-28-36-17-33(23-61)14-34(18-36)24-62/h3-8,13-20,47-48,63-64,67-68H,9-12,25-30H2,1-2H3,(H,69,70)(H,71,72)/t47-,48-,55?,56?/m0/s1. The summed E-state index contributed by atoms with van der Waals surface area (Å²) in [5.74, 6) is -2.33. The lowest BCUT2D eigenvalue weighted by atomic mass is 9.91. The third-order valence-corrected chi connectivity index (χ3v) is 13.9. The van der Waals surface area contributed by atoms with Gasteiger partial charge < -0.3 is 39.4 Å². The van der Waals surface area contributed by atoms with E-state index in [0.717, 1.165) is 33.4 Å². The van der Waals surface area contributed by atoms with E-state index in [2.05, 4.69) is 32.7 Å². The summed E-state index contributed by atoms with van der Waals surface area (Å²) in [6.07, 6.45) is 1.50. The highest BCUT2D eigenvalue weighted by atomic mass is 35.5. The topological polar surface area (TPSA) is 297 Å². The first kappa shape index (κ1) is 54.0. The maximum absolute atomic E-state index is 12.0. The van der Waals surface area contributed by atoms with Gasteiger partial charge in [-0.3, -0.25) is 20.2 Å². The minimum atomic E-state index is -1.70. The molecule has 0 bridgehead atoms. The van der Waals surface area contributed by atoms with Crippen molar-refractivity contribution >= 4 is 35.1 Å². The molecule has 18 nitrogen and oxygen atoms in total. The summed E-state index contributed by atoms with van der Waals surface area (Å²) >= 11 is 13.7. The third kappa shape index (κ3) is 11.6. The number of nitriles is 4. The maximum atomic E-state index is 12.0. The predicted octanol–water partition coefficient (Wildman–Crippen LogP) is 8.08. The number of hydrogen-bond acceptors (Lipinski definition) is 16. The molecule has 0 saturated heterocycles. The van der Waals surface area contributed by atoms with Crippen LogP contribution in [0.4, 0.5) is 0 Å². The number of benzene rings is 4. The molecule has 0 spiro atoms. The number of nitrogens with one attached hydrogen (secondary N) is 2. The molecule has 4 aromatic carbocycles.